The zero-order valence-electron chi connectivity index (χ0n) is 14.1. The van der Waals surface area contributed by atoms with Gasteiger partial charge >= 0.3 is 0 Å². The molecule has 0 aliphatic carbocycles. The van der Waals surface area contributed by atoms with Crippen LogP contribution in [-0.4, -0.2) is 34.7 Å². The fraction of sp³-hybridized carbons (Fsp3) is 0.333. The number of amides is 1. The van der Waals surface area contributed by atoms with Crippen LogP contribution in [0.5, 0.6) is 0 Å². The number of halogens is 2. The maximum atomic E-state index is 13.3. The van der Waals surface area contributed by atoms with Crippen molar-refractivity contribution in [2.45, 2.75) is 18.9 Å². The second-order valence-corrected chi connectivity index (χ2v) is 8.02. The Morgan fingerprint density at radius 2 is 2.23 bits per heavy atom. The molecular weight excluding hydrogens is 393 g/mol. The van der Waals surface area contributed by atoms with Crippen molar-refractivity contribution in [3.63, 3.8) is 0 Å². The molecule has 0 spiro atoms. The fourth-order valence-corrected chi connectivity index (χ4v) is 4.45. The molecule has 0 bridgehead atoms. The largest absolute Gasteiger partial charge is 0.376 e. The summed E-state index contributed by atoms with van der Waals surface area (Å²) in [5, 5.41) is 1.36. The quantitative estimate of drug-likeness (QED) is 0.623. The van der Waals surface area contributed by atoms with Gasteiger partial charge in [0.05, 0.1) is 27.9 Å². The van der Waals surface area contributed by atoms with Crippen LogP contribution in [0.15, 0.2) is 30.3 Å². The molecule has 2 aromatic heterocycles. The van der Waals surface area contributed by atoms with Crippen LogP contribution in [0.25, 0.3) is 10.2 Å². The molecule has 1 fully saturated rings. The number of carbonyl (C=O) groups is 1. The third kappa shape index (κ3) is 3.22. The summed E-state index contributed by atoms with van der Waals surface area (Å²) in [6.07, 6.45) is 1.95. The first-order valence-corrected chi connectivity index (χ1v) is 9.91. The van der Waals surface area contributed by atoms with E-state index in [-0.39, 0.29) is 12.0 Å². The van der Waals surface area contributed by atoms with Gasteiger partial charge in [0.15, 0.2) is 5.13 Å². The number of para-hydroxylation sites is 1. The van der Waals surface area contributed by atoms with Crippen LogP contribution < -0.4 is 4.90 Å². The Morgan fingerprint density at radius 3 is 2.88 bits per heavy atom. The summed E-state index contributed by atoms with van der Waals surface area (Å²) in [5.41, 5.74) is 1.30. The molecule has 136 valence electrons. The van der Waals surface area contributed by atoms with E-state index in [1.165, 1.54) is 11.3 Å². The molecule has 0 unspecified atom stereocenters. The van der Waals surface area contributed by atoms with Crippen LogP contribution in [-0.2, 0) is 11.8 Å². The lowest BCUT2D eigenvalue weighted by atomic mass is 10.2. The summed E-state index contributed by atoms with van der Waals surface area (Å²) in [7, 11) is 1.73. The monoisotopic (exact) mass is 409 g/mol. The number of hydrogen-bond acceptors (Lipinski definition) is 4. The van der Waals surface area contributed by atoms with Gasteiger partial charge in [-0.1, -0.05) is 46.7 Å². The van der Waals surface area contributed by atoms with Gasteiger partial charge in [-0.25, -0.2) is 4.98 Å². The number of anilines is 1. The van der Waals surface area contributed by atoms with E-state index in [2.05, 4.69) is 4.98 Å². The third-order valence-corrected chi connectivity index (χ3v) is 6.41. The van der Waals surface area contributed by atoms with E-state index < -0.39 is 0 Å². The van der Waals surface area contributed by atoms with Crippen LogP contribution >= 0.6 is 34.5 Å². The SMILES string of the molecule is Cn1c(C(=O)N(C[C@H]2CCCO2)c2nc3ccccc3s2)cc(Cl)c1Cl. The standard InChI is InChI=1S/C18H17Cl2N3O2S/c1-22-14(9-12(19)16(22)20)17(24)23(10-11-5-4-8-25-11)18-21-13-6-2-3-7-15(13)26-18/h2-3,6-7,9,11H,4-5,8,10H2,1H3/t11-/m1/s1. The Kier molecular flexibility index (Phi) is 4.92. The Labute approximate surface area is 165 Å². The molecule has 1 aliphatic heterocycles. The summed E-state index contributed by atoms with van der Waals surface area (Å²) < 4.78 is 8.39. The number of aromatic nitrogens is 2. The zero-order valence-corrected chi connectivity index (χ0v) is 16.4. The molecular formula is C18H17Cl2N3O2S. The number of carbonyl (C=O) groups excluding carboxylic acids is 1. The molecule has 4 rings (SSSR count). The lowest BCUT2D eigenvalue weighted by Gasteiger charge is -2.23. The highest BCUT2D eigenvalue weighted by Crippen LogP contribution is 2.32. The number of hydrogen-bond donors (Lipinski definition) is 0. The predicted octanol–water partition coefficient (Wildman–Crippen LogP) is 4.77. The lowest BCUT2D eigenvalue weighted by molar-refractivity contribution is 0.0911. The summed E-state index contributed by atoms with van der Waals surface area (Å²) in [6.45, 7) is 1.19. The first-order chi connectivity index (χ1) is 12.5. The Morgan fingerprint density at radius 1 is 1.42 bits per heavy atom. The minimum atomic E-state index is -0.184. The Balaban J connectivity index is 1.74. The highest BCUT2D eigenvalue weighted by Gasteiger charge is 2.29. The third-order valence-electron chi connectivity index (χ3n) is 4.50. The minimum absolute atomic E-state index is 0.0113. The van der Waals surface area contributed by atoms with Gasteiger partial charge in [-0.3, -0.25) is 9.69 Å². The van der Waals surface area contributed by atoms with Crippen molar-refractivity contribution in [3.8, 4) is 0 Å². The second-order valence-electron chi connectivity index (χ2n) is 6.24. The van der Waals surface area contributed by atoms with E-state index in [1.807, 2.05) is 24.3 Å². The van der Waals surface area contributed by atoms with Crippen LogP contribution in [0.1, 0.15) is 23.3 Å². The summed E-state index contributed by atoms with van der Waals surface area (Å²) >= 11 is 13.7. The normalized spacial score (nSPS) is 17.1. The number of fused-ring (bicyclic) bond motifs is 1. The average Bonchev–Trinajstić information content (AvgIpc) is 3.35. The van der Waals surface area contributed by atoms with Gasteiger partial charge in [0.25, 0.3) is 5.91 Å². The van der Waals surface area contributed by atoms with Crippen molar-refractivity contribution in [2.24, 2.45) is 7.05 Å². The lowest BCUT2D eigenvalue weighted by Crippen LogP contribution is -2.38. The molecule has 1 aromatic carbocycles. The molecule has 3 aromatic rings. The molecule has 8 heteroatoms. The van der Waals surface area contributed by atoms with Crippen molar-refractivity contribution in [1.29, 1.82) is 0 Å². The van der Waals surface area contributed by atoms with Crippen LogP contribution in [0.2, 0.25) is 10.2 Å². The van der Waals surface area contributed by atoms with E-state index in [1.54, 1.807) is 22.6 Å². The predicted molar refractivity (Wildman–Crippen MR) is 106 cm³/mol. The van der Waals surface area contributed by atoms with E-state index in [9.17, 15) is 4.79 Å². The van der Waals surface area contributed by atoms with Gasteiger partial charge in [0.2, 0.25) is 0 Å². The van der Waals surface area contributed by atoms with E-state index >= 15 is 0 Å². The first kappa shape index (κ1) is 17.8. The molecule has 1 saturated heterocycles. The van der Waals surface area contributed by atoms with E-state index in [0.29, 0.717) is 27.5 Å². The van der Waals surface area contributed by atoms with Gasteiger partial charge in [0.1, 0.15) is 10.8 Å². The Hall–Kier alpha value is -1.60. The maximum Gasteiger partial charge on any atom is 0.276 e. The van der Waals surface area contributed by atoms with Crippen LogP contribution in [0, 0.1) is 0 Å². The van der Waals surface area contributed by atoms with Gasteiger partial charge in [-0.2, -0.15) is 0 Å². The van der Waals surface area contributed by atoms with Crippen molar-refractivity contribution in [1.82, 2.24) is 9.55 Å². The molecule has 1 amide bonds. The molecule has 5 nitrogen and oxygen atoms in total. The van der Waals surface area contributed by atoms with Crippen molar-refractivity contribution >= 4 is 55.8 Å². The van der Waals surface area contributed by atoms with E-state index in [4.69, 9.17) is 27.9 Å². The van der Waals surface area contributed by atoms with Crippen LogP contribution in [0.4, 0.5) is 5.13 Å². The van der Waals surface area contributed by atoms with Gasteiger partial charge in [-0.05, 0) is 31.0 Å². The van der Waals surface area contributed by atoms with Crippen molar-refractivity contribution in [3.05, 3.63) is 46.2 Å². The summed E-state index contributed by atoms with van der Waals surface area (Å²) in [5.74, 6) is -0.184. The smallest absolute Gasteiger partial charge is 0.276 e. The van der Waals surface area contributed by atoms with Gasteiger partial charge in [0, 0.05) is 13.7 Å². The molecule has 26 heavy (non-hydrogen) atoms. The van der Waals surface area contributed by atoms with Crippen molar-refractivity contribution < 1.29 is 9.53 Å². The van der Waals surface area contributed by atoms with Gasteiger partial charge in [-0.15, -0.1) is 0 Å². The zero-order chi connectivity index (χ0) is 18.3. The summed E-state index contributed by atoms with van der Waals surface area (Å²) in [6, 6.07) is 9.45. The number of benzene rings is 1. The molecule has 1 aliphatic rings. The Bertz CT molecular complexity index is 930. The van der Waals surface area contributed by atoms with Gasteiger partial charge < -0.3 is 9.30 Å². The molecule has 1 atom stereocenters. The average molecular weight is 410 g/mol. The van der Waals surface area contributed by atoms with Crippen molar-refractivity contribution in [2.75, 3.05) is 18.1 Å². The number of nitrogens with zero attached hydrogens (tertiary/aromatic N) is 3. The highest BCUT2D eigenvalue weighted by atomic mass is 35.5. The highest BCUT2D eigenvalue weighted by molar-refractivity contribution is 7.22. The van der Waals surface area contributed by atoms with Crippen LogP contribution in [0.3, 0.4) is 0 Å². The topological polar surface area (TPSA) is 47.4 Å². The molecule has 0 radical (unpaired) electrons. The number of thiazole rings is 1. The molecule has 0 saturated carbocycles. The second kappa shape index (κ2) is 7.19. The van der Waals surface area contributed by atoms with E-state index in [0.717, 1.165) is 29.7 Å². The fourth-order valence-electron chi connectivity index (χ4n) is 3.10. The first-order valence-electron chi connectivity index (χ1n) is 8.34. The maximum absolute atomic E-state index is 13.3. The molecule has 3 heterocycles. The number of ether oxygens (including phenoxy) is 1. The minimum Gasteiger partial charge on any atom is -0.376 e. The number of rotatable bonds is 4. The summed E-state index contributed by atoms with van der Waals surface area (Å²) in [4.78, 5) is 19.6. The molecule has 0 N–H and O–H groups in total.